The van der Waals surface area contributed by atoms with Gasteiger partial charge in [-0.3, -0.25) is 10.1 Å². The molecule has 0 bridgehead atoms. The number of nitrogens with zero attached hydrogens (tertiary/aromatic N) is 2. The zero-order valence-corrected chi connectivity index (χ0v) is 19.8. The number of quaternary nitrogens is 1. The van der Waals surface area contributed by atoms with Gasteiger partial charge in [0, 0.05) is 17.7 Å². The predicted octanol–water partition coefficient (Wildman–Crippen LogP) is 6.65. The Bertz CT molecular complexity index is 1200. The smallest absolute Gasteiger partial charge is 0.416 e. The van der Waals surface area contributed by atoms with Crippen molar-refractivity contribution in [3.63, 3.8) is 0 Å². The van der Waals surface area contributed by atoms with Gasteiger partial charge >= 0.3 is 12.1 Å². The van der Waals surface area contributed by atoms with Crippen molar-refractivity contribution in [3.05, 3.63) is 98.6 Å². The molecule has 0 spiro atoms. The lowest BCUT2D eigenvalue weighted by atomic mass is 10.1. The number of benzene rings is 3. The van der Waals surface area contributed by atoms with Crippen LogP contribution in [0.25, 0.3) is 0 Å². The molecule has 1 N–H and O–H groups in total. The number of ether oxygens (including phenoxy) is 1. The molecule has 0 amide bonds. The minimum Gasteiger partial charge on any atom is -0.477 e. The maximum absolute atomic E-state index is 12.6. The molecule has 11 heteroatoms. The lowest BCUT2D eigenvalue weighted by molar-refractivity contribution is -0.884. The third-order valence-corrected chi connectivity index (χ3v) is 4.68. The average molecular weight is 512 g/mol. The molecule has 0 saturated heterocycles. The Morgan fingerprint density at radius 3 is 2.17 bits per heavy atom. The normalized spacial score (nSPS) is 11.3. The highest BCUT2D eigenvalue weighted by molar-refractivity contribution is 6.32. The number of carboxylic acids is 1. The van der Waals surface area contributed by atoms with E-state index >= 15 is 0 Å². The fourth-order valence-electron chi connectivity index (χ4n) is 2.93. The number of hydrogen-bond donors (Lipinski definition) is 1. The van der Waals surface area contributed by atoms with Crippen LogP contribution in [0.1, 0.15) is 21.5 Å². The van der Waals surface area contributed by atoms with Crippen LogP contribution in [0.2, 0.25) is 5.02 Å². The molecule has 0 saturated carbocycles. The highest BCUT2D eigenvalue weighted by Crippen LogP contribution is 2.37. The summed E-state index contributed by atoms with van der Waals surface area (Å²) < 4.78 is 43.9. The van der Waals surface area contributed by atoms with Gasteiger partial charge in [0.25, 0.3) is 5.69 Å². The number of carboxylic acid groups (broad SMARTS) is 1. The van der Waals surface area contributed by atoms with Gasteiger partial charge in [0.05, 0.1) is 36.7 Å². The molecule has 3 rings (SSSR count). The molecule has 0 fully saturated rings. The van der Waals surface area contributed by atoms with Crippen molar-refractivity contribution >= 4 is 23.3 Å². The van der Waals surface area contributed by atoms with Crippen molar-refractivity contribution in [2.45, 2.75) is 12.7 Å². The van der Waals surface area contributed by atoms with Gasteiger partial charge in [-0.2, -0.15) is 13.2 Å². The number of hydrogen-bond acceptors (Lipinski definition) is 4. The van der Waals surface area contributed by atoms with Crippen LogP contribution in [0.15, 0.2) is 66.7 Å². The Labute approximate surface area is 204 Å². The molecule has 0 aliphatic heterocycles. The molecule has 0 unspecified atom stereocenters. The number of rotatable bonds is 6. The topological polar surface area (TPSA) is 89.7 Å². The average Bonchev–Trinajstić information content (AvgIpc) is 2.74. The van der Waals surface area contributed by atoms with Gasteiger partial charge in [-0.1, -0.05) is 41.9 Å². The van der Waals surface area contributed by atoms with E-state index in [2.05, 4.69) is 51.5 Å². The predicted molar refractivity (Wildman–Crippen MR) is 125 cm³/mol. The number of halogens is 4. The first-order chi connectivity index (χ1) is 16.2. The van der Waals surface area contributed by atoms with Crippen LogP contribution in [0, 0.1) is 10.1 Å². The maximum Gasteiger partial charge on any atom is 0.416 e. The molecule has 0 heterocycles. The highest BCUT2D eigenvalue weighted by atomic mass is 35.5. The van der Waals surface area contributed by atoms with Crippen LogP contribution in [-0.4, -0.2) is 41.6 Å². The van der Waals surface area contributed by atoms with Gasteiger partial charge in [0.2, 0.25) is 0 Å². The molecular formula is C24H23ClF3N2O5+. The first-order valence-corrected chi connectivity index (χ1v) is 10.5. The first kappa shape index (κ1) is 27.6. The van der Waals surface area contributed by atoms with Gasteiger partial charge in [0.15, 0.2) is 0 Å². The minimum atomic E-state index is -4.58. The number of aromatic carboxylic acids is 1. The van der Waals surface area contributed by atoms with Crippen molar-refractivity contribution in [2.75, 3.05) is 21.1 Å². The van der Waals surface area contributed by atoms with E-state index in [-0.39, 0.29) is 16.5 Å². The zero-order chi connectivity index (χ0) is 26.4. The molecule has 35 heavy (non-hydrogen) atoms. The number of alkyl halides is 3. The van der Waals surface area contributed by atoms with Crippen molar-refractivity contribution in [1.82, 2.24) is 0 Å². The Morgan fingerprint density at radius 1 is 1.06 bits per heavy atom. The number of nitro groups is 1. The SMILES string of the molecule is C[N+](C)(C)Cc1ccccc1.O=C(O)c1cc(Oc2ccc(C(F)(F)F)cc2Cl)ccc1[N+](=O)[O-]. The molecule has 0 radical (unpaired) electrons. The van der Waals surface area contributed by atoms with Gasteiger partial charge in [-0.05, 0) is 24.3 Å². The summed E-state index contributed by atoms with van der Waals surface area (Å²) in [5.74, 6) is -1.83. The fourth-order valence-corrected chi connectivity index (χ4v) is 3.15. The van der Waals surface area contributed by atoms with Gasteiger partial charge < -0.3 is 14.3 Å². The molecule has 3 aromatic carbocycles. The van der Waals surface area contributed by atoms with E-state index in [1.54, 1.807) is 0 Å². The highest BCUT2D eigenvalue weighted by Gasteiger charge is 2.31. The van der Waals surface area contributed by atoms with Crippen LogP contribution < -0.4 is 4.74 Å². The second-order valence-electron chi connectivity index (χ2n) is 8.42. The van der Waals surface area contributed by atoms with E-state index < -0.39 is 33.9 Å². The summed E-state index contributed by atoms with van der Waals surface area (Å²) in [6, 6.07) is 15.8. The summed E-state index contributed by atoms with van der Waals surface area (Å²) in [4.78, 5) is 20.9. The lowest BCUT2D eigenvalue weighted by Crippen LogP contribution is -2.33. The number of carbonyl (C=O) groups is 1. The first-order valence-electron chi connectivity index (χ1n) is 10.1. The minimum absolute atomic E-state index is 0.125. The van der Waals surface area contributed by atoms with Crippen LogP contribution in [0.3, 0.4) is 0 Å². The Morgan fingerprint density at radius 2 is 1.69 bits per heavy atom. The standard InChI is InChI=1S/C14H7ClF3NO5.C10H16N/c15-10-5-7(14(16,17)18)1-4-12(10)24-8-2-3-11(19(22)23)9(6-8)13(20)21;1-11(2,3)9-10-7-5-4-6-8-10/h1-6H,(H,20,21);4-8H,9H2,1-3H3/q;+1. The fraction of sp³-hybridized carbons (Fsp3) is 0.208. The molecule has 3 aromatic rings. The Hall–Kier alpha value is -3.63. The summed E-state index contributed by atoms with van der Waals surface area (Å²) in [7, 11) is 6.60. The lowest BCUT2D eigenvalue weighted by Gasteiger charge is -2.23. The van der Waals surface area contributed by atoms with E-state index in [4.69, 9.17) is 21.4 Å². The molecule has 7 nitrogen and oxygen atoms in total. The largest absolute Gasteiger partial charge is 0.477 e. The number of nitro benzene ring substituents is 1. The quantitative estimate of drug-likeness (QED) is 0.227. The van der Waals surface area contributed by atoms with E-state index in [1.165, 1.54) is 5.56 Å². The molecule has 0 atom stereocenters. The second-order valence-corrected chi connectivity index (χ2v) is 8.83. The maximum atomic E-state index is 12.6. The summed E-state index contributed by atoms with van der Waals surface area (Å²) in [6.45, 7) is 1.10. The Balaban J connectivity index is 0.000000328. The van der Waals surface area contributed by atoms with E-state index in [0.29, 0.717) is 6.07 Å². The van der Waals surface area contributed by atoms with Crippen LogP contribution in [-0.2, 0) is 12.7 Å². The molecule has 0 aliphatic rings. The van der Waals surface area contributed by atoms with E-state index in [0.717, 1.165) is 41.4 Å². The molecule has 0 aromatic heterocycles. The second kappa shape index (κ2) is 11.2. The molecule has 186 valence electrons. The van der Waals surface area contributed by atoms with Gasteiger partial charge in [-0.25, -0.2) is 4.79 Å². The van der Waals surface area contributed by atoms with Crippen molar-refractivity contribution < 1.29 is 37.2 Å². The van der Waals surface area contributed by atoms with E-state index in [1.807, 2.05) is 0 Å². The van der Waals surface area contributed by atoms with Gasteiger partial charge in [-0.15, -0.1) is 0 Å². The van der Waals surface area contributed by atoms with Crippen molar-refractivity contribution in [2.24, 2.45) is 0 Å². The van der Waals surface area contributed by atoms with Crippen LogP contribution in [0.4, 0.5) is 18.9 Å². The molecule has 0 aliphatic carbocycles. The van der Waals surface area contributed by atoms with Crippen molar-refractivity contribution in [3.8, 4) is 11.5 Å². The van der Waals surface area contributed by atoms with E-state index in [9.17, 15) is 28.1 Å². The third kappa shape index (κ3) is 8.58. The zero-order valence-electron chi connectivity index (χ0n) is 19.0. The van der Waals surface area contributed by atoms with Crippen molar-refractivity contribution in [1.29, 1.82) is 0 Å². The summed E-state index contributed by atoms with van der Waals surface area (Å²) in [5.41, 5.74) is -0.844. The molecular weight excluding hydrogens is 489 g/mol. The third-order valence-electron chi connectivity index (χ3n) is 4.38. The summed E-state index contributed by atoms with van der Waals surface area (Å²) >= 11 is 5.72. The van der Waals surface area contributed by atoms with Crippen LogP contribution in [0.5, 0.6) is 11.5 Å². The summed E-state index contributed by atoms with van der Waals surface area (Å²) in [5, 5.41) is 19.4. The Kier molecular flexibility index (Phi) is 8.83. The van der Waals surface area contributed by atoms with Gasteiger partial charge in [0.1, 0.15) is 23.6 Å². The summed E-state index contributed by atoms with van der Waals surface area (Å²) in [6.07, 6.45) is -4.58. The monoisotopic (exact) mass is 511 g/mol. The van der Waals surface area contributed by atoms with Crippen LogP contribution >= 0.6 is 11.6 Å².